The van der Waals surface area contributed by atoms with Crippen LogP contribution in [0, 0.1) is 5.82 Å². The third-order valence-electron chi connectivity index (χ3n) is 3.60. The number of hydrogen-bond acceptors (Lipinski definition) is 1. The monoisotopic (exact) mass is 271 g/mol. The van der Waals surface area contributed by atoms with Crippen LogP contribution in [0.2, 0.25) is 0 Å². The Labute approximate surface area is 120 Å². The Kier molecular flexibility index (Phi) is 5.31. The van der Waals surface area contributed by atoms with E-state index in [1.165, 1.54) is 11.6 Å². The van der Waals surface area contributed by atoms with Crippen LogP contribution in [0.5, 0.6) is 0 Å². The molecule has 2 aromatic rings. The van der Waals surface area contributed by atoms with E-state index < -0.39 is 0 Å². The van der Waals surface area contributed by atoms with E-state index in [1.807, 2.05) is 37.3 Å². The van der Waals surface area contributed by atoms with Crippen LogP contribution in [-0.2, 0) is 0 Å². The van der Waals surface area contributed by atoms with Gasteiger partial charge in [0.15, 0.2) is 0 Å². The molecule has 0 radical (unpaired) electrons. The van der Waals surface area contributed by atoms with Gasteiger partial charge in [-0.05, 0) is 25.0 Å². The van der Waals surface area contributed by atoms with Crippen molar-refractivity contribution in [2.75, 3.05) is 0 Å². The highest BCUT2D eigenvalue weighted by atomic mass is 19.1. The maximum absolute atomic E-state index is 13.8. The Hall–Kier alpha value is -1.67. The molecule has 0 amide bonds. The van der Waals surface area contributed by atoms with Crippen molar-refractivity contribution >= 4 is 0 Å². The van der Waals surface area contributed by atoms with Gasteiger partial charge in [0.25, 0.3) is 0 Å². The lowest BCUT2D eigenvalue weighted by Gasteiger charge is -2.24. The molecule has 2 unspecified atom stereocenters. The first-order chi connectivity index (χ1) is 9.72. The van der Waals surface area contributed by atoms with E-state index in [2.05, 4.69) is 24.4 Å². The summed E-state index contributed by atoms with van der Waals surface area (Å²) in [7, 11) is 0. The van der Waals surface area contributed by atoms with Gasteiger partial charge in [0.2, 0.25) is 0 Å². The average Bonchev–Trinajstić information content (AvgIpc) is 2.48. The van der Waals surface area contributed by atoms with Crippen LogP contribution in [-0.4, -0.2) is 0 Å². The Balaban J connectivity index is 2.14. The van der Waals surface area contributed by atoms with Crippen LogP contribution in [0.1, 0.15) is 49.9 Å². The van der Waals surface area contributed by atoms with Crippen LogP contribution in [0.25, 0.3) is 0 Å². The summed E-state index contributed by atoms with van der Waals surface area (Å²) in [5, 5.41) is 3.55. The molecule has 2 atom stereocenters. The molecule has 0 aliphatic rings. The zero-order chi connectivity index (χ0) is 14.4. The second kappa shape index (κ2) is 7.20. The first-order valence-corrected chi connectivity index (χ1v) is 7.27. The van der Waals surface area contributed by atoms with Crippen molar-refractivity contribution < 1.29 is 4.39 Å². The summed E-state index contributed by atoms with van der Waals surface area (Å²) in [5.74, 6) is -0.143. The second-order valence-electron chi connectivity index (χ2n) is 5.16. The first kappa shape index (κ1) is 14.7. The molecule has 0 saturated carbocycles. The van der Waals surface area contributed by atoms with E-state index >= 15 is 0 Å². The summed E-state index contributed by atoms with van der Waals surface area (Å²) < 4.78 is 13.8. The molecule has 1 nitrogen and oxygen atoms in total. The van der Waals surface area contributed by atoms with E-state index in [1.54, 1.807) is 6.07 Å². The van der Waals surface area contributed by atoms with Gasteiger partial charge in [-0.1, -0.05) is 61.9 Å². The molecule has 106 valence electrons. The van der Waals surface area contributed by atoms with Crippen molar-refractivity contribution in [1.82, 2.24) is 5.32 Å². The number of rotatable bonds is 6. The van der Waals surface area contributed by atoms with Crippen molar-refractivity contribution in [2.45, 2.75) is 38.8 Å². The molecule has 0 saturated heterocycles. The Bertz CT molecular complexity index is 524. The van der Waals surface area contributed by atoms with Gasteiger partial charge in [0.05, 0.1) is 0 Å². The van der Waals surface area contributed by atoms with Crippen LogP contribution in [0.3, 0.4) is 0 Å². The Morgan fingerprint density at radius 3 is 2.30 bits per heavy atom. The highest BCUT2D eigenvalue weighted by Crippen LogP contribution is 2.24. The van der Waals surface area contributed by atoms with Gasteiger partial charge in [0.1, 0.15) is 5.82 Å². The zero-order valence-electron chi connectivity index (χ0n) is 12.1. The Morgan fingerprint density at radius 2 is 1.65 bits per heavy atom. The third-order valence-corrected chi connectivity index (χ3v) is 3.60. The number of benzene rings is 2. The Morgan fingerprint density at radius 1 is 1.00 bits per heavy atom. The maximum atomic E-state index is 13.8. The molecule has 0 bridgehead atoms. The third kappa shape index (κ3) is 3.67. The molecule has 0 spiro atoms. The van der Waals surface area contributed by atoms with Gasteiger partial charge in [-0.2, -0.15) is 0 Å². The summed E-state index contributed by atoms with van der Waals surface area (Å²) in [6, 6.07) is 17.6. The minimum absolute atomic E-state index is 0.00652. The predicted molar refractivity (Wildman–Crippen MR) is 82.0 cm³/mol. The molecular formula is C18H22FN. The average molecular weight is 271 g/mol. The van der Waals surface area contributed by atoms with E-state index in [4.69, 9.17) is 0 Å². The number of hydrogen-bond donors (Lipinski definition) is 1. The van der Waals surface area contributed by atoms with Gasteiger partial charge in [-0.25, -0.2) is 4.39 Å². The van der Waals surface area contributed by atoms with Crippen LogP contribution in [0.4, 0.5) is 4.39 Å². The SMILES string of the molecule is CCCC(NC(C)c1ccccc1F)c1ccccc1. The molecule has 0 aromatic heterocycles. The molecular weight excluding hydrogens is 249 g/mol. The van der Waals surface area contributed by atoms with Crippen molar-refractivity contribution in [3.63, 3.8) is 0 Å². The number of nitrogens with one attached hydrogen (secondary N) is 1. The summed E-state index contributed by atoms with van der Waals surface area (Å²) in [5.41, 5.74) is 1.99. The molecule has 1 N–H and O–H groups in total. The van der Waals surface area contributed by atoms with Crippen molar-refractivity contribution in [2.24, 2.45) is 0 Å². The van der Waals surface area contributed by atoms with Gasteiger partial charge < -0.3 is 5.32 Å². The fourth-order valence-corrected chi connectivity index (χ4v) is 2.54. The minimum Gasteiger partial charge on any atom is -0.303 e. The quantitative estimate of drug-likeness (QED) is 0.778. The van der Waals surface area contributed by atoms with Crippen LogP contribution < -0.4 is 5.32 Å². The number of halogens is 1. The fraction of sp³-hybridized carbons (Fsp3) is 0.333. The van der Waals surface area contributed by atoms with E-state index in [0.29, 0.717) is 0 Å². The topological polar surface area (TPSA) is 12.0 Å². The maximum Gasteiger partial charge on any atom is 0.127 e. The van der Waals surface area contributed by atoms with Gasteiger partial charge in [0, 0.05) is 17.6 Å². The molecule has 2 aromatic carbocycles. The molecule has 0 heterocycles. The molecule has 2 heteroatoms. The molecule has 2 rings (SSSR count). The summed E-state index contributed by atoms with van der Waals surface area (Å²) >= 11 is 0. The van der Waals surface area contributed by atoms with Crippen LogP contribution >= 0.6 is 0 Å². The van der Waals surface area contributed by atoms with E-state index in [9.17, 15) is 4.39 Å². The first-order valence-electron chi connectivity index (χ1n) is 7.27. The second-order valence-corrected chi connectivity index (χ2v) is 5.16. The predicted octanol–water partition coefficient (Wildman–Crippen LogP) is 5.02. The van der Waals surface area contributed by atoms with Gasteiger partial charge in [-0.15, -0.1) is 0 Å². The van der Waals surface area contributed by atoms with Gasteiger partial charge >= 0.3 is 0 Å². The zero-order valence-corrected chi connectivity index (χ0v) is 12.1. The summed E-state index contributed by atoms with van der Waals surface area (Å²) in [4.78, 5) is 0. The lowest BCUT2D eigenvalue weighted by molar-refractivity contribution is 0.428. The lowest BCUT2D eigenvalue weighted by Crippen LogP contribution is -2.25. The lowest BCUT2D eigenvalue weighted by atomic mass is 9.99. The highest BCUT2D eigenvalue weighted by molar-refractivity contribution is 5.23. The van der Waals surface area contributed by atoms with Crippen LogP contribution in [0.15, 0.2) is 54.6 Å². The van der Waals surface area contributed by atoms with E-state index in [-0.39, 0.29) is 17.9 Å². The van der Waals surface area contributed by atoms with Crippen molar-refractivity contribution in [3.8, 4) is 0 Å². The standard InChI is InChI=1S/C18H22FN/c1-3-9-18(15-10-5-4-6-11-15)20-14(2)16-12-7-8-13-17(16)19/h4-8,10-14,18,20H,3,9H2,1-2H3. The molecule has 20 heavy (non-hydrogen) atoms. The highest BCUT2D eigenvalue weighted by Gasteiger charge is 2.16. The molecule has 0 aliphatic heterocycles. The van der Waals surface area contributed by atoms with Crippen molar-refractivity contribution in [3.05, 3.63) is 71.5 Å². The minimum atomic E-state index is -0.143. The largest absolute Gasteiger partial charge is 0.303 e. The fourth-order valence-electron chi connectivity index (χ4n) is 2.54. The summed E-state index contributed by atoms with van der Waals surface area (Å²) in [6.07, 6.45) is 2.14. The van der Waals surface area contributed by atoms with E-state index in [0.717, 1.165) is 18.4 Å². The smallest absolute Gasteiger partial charge is 0.127 e. The summed E-state index contributed by atoms with van der Waals surface area (Å²) in [6.45, 7) is 4.19. The normalized spacial score (nSPS) is 13.9. The van der Waals surface area contributed by atoms with Crippen molar-refractivity contribution in [1.29, 1.82) is 0 Å². The molecule has 0 fully saturated rings. The van der Waals surface area contributed by atoms with Gasteiger partial charge in [-0.3, -0.25) is 0 Å². The molecule has 0 aliphatic carbocycles.